The maximum absolute atomic E-state index is 14.8. The summed E-state index contributed by atoms with van der Waals surface area (Å²) in [6.45, 7) is 1.44. The van der Waals surface area contributed by atoms with Crippen molar-refractivity contribution in [2.45, 2.75) is 50.6 Å². The molecule has 1 saturated carbocycles. The van der Waals surface area contributed by atoms with Crippen molar-refractivity contribution in [3.05, 3.63) is 99.4 Å². The number of halogens is 9. The van der Waals surface area contributed by atoms with E-state index in [9.17, 15) is 39.5 Å². The van der Waals surface area contributed by atoms with Crippen molar-refractivity contribution in [2.24, 2.45) is 0 Å². The maximum Gasteiger partial charge on any atom is 0.429 e. The van der Waals surface area contributed by atoms with E-state index in [2.05, 4.69) is 4.74 Å². The van der Waals surface area contributed by atoms with Crippen LogP contribution in [0.2, 0.25) is 0 Å². The molecule has 0 amide bonds. The average Bonchev–Trinajstić information content (AvgIpc) is 2.82. The Morgan fingerprint density at radius 3 is 1.64 bits per heavy atom. The summed E-state index contributed by atoms with van der Waals surface area (Å²) >= 11 is 0. The van der Waals surface area contributed by atoms with Crippen LogP contribution >= 0.6 is 0 Å². The number of benzene rings is 3. The van der Waals surface area contributed by atoms with Gasteiger partial charge in [-0.2, -0.15) is 8.78 Å². The molecule has 192 valence electrons. The van der Waals surface area contributed by atoms with Gasteiger partial charge in [-0.3, -0.25) is 0 Å². The molecular weight excluding hydrogens is 499 g/mol. The van der Waals surface area contributed by atoms with Crippen LogP contribution < -0.4 is 4.74 Å². The van der Waals surface area contributed by atoms with E-state index >= 15 is 0 Å². The molecule has 0 aliphatic heterocycles. The number of alkyl halides is 2. The lowest BCUT2D eigenvalue weighted by Gasteiger charge is -2.30. The van der Waals surface area contributed by atoms with Gasteiger partial charge in [0, 0.05) is 12.1 Å². The molecule has 0 radical (unpaired) electrons. The van der Waals surface area contributed by atoms with Gasteiger partial charge in [0.25, 0.3) is 0 Å². The van der Waals surface area contributed by atoms with E-state index in [4.69, 9.17) is 0 Å². The lowest BCUT2D eigenvalue weighted by Crippen LogP contribution is -2.25. The van der Waals surface area contributed by atoms with Gasteiger partial charge in [-0.1, -0.05) is 18.2 Å². The van der Waals surface area contributed by atoms with Gasteiger partial charge in [0.1, 0.15) is 11.3 Å². The van der Waals surface area contributed by atoms with Gasteiger partial charge < -0.3 is 4.74 Å². The highest BCUT2D eigenvalue weighted by Crippen LogP contribution is 2.44. The Morgan fingerprint density at radius 1 is 0.639 bits per heavy atom. The molecule has 36 heavy (non-hydrogen) atoms. The van der Waals surface area contributed by atoms with Gasteiger partial charge in [-0.25, -0.2) is 30.7 Å². The molecule has 1 fully saturated rings. The number of hydrogen-bond donors (Lipinski definition) is 0. The second-order valence-electron chi connectivity index (χ2n) is 8.80. The molecule has 10 heteroatoms. The largest absolute Gasteiger partial charge is 0.429 e. The molecule has 0 N–H and O–H groups in total. The topological polar surface area (TPSA) is 9.23 Å². The standard InChI is InChI=1S/C26H19F9O/c1-12-2-7-16(22(30)21(12)29)13-3-5-14(6-4-13)17-8-9-18(24(32)23(17)31)26(34,35)36-15-10-19(27)25(33)20(28)11-15/h2,7-11,13-14H,3-6H2,1H3. The van der Waals surface area contributed by atoms with Crippen LogP contribution in [0.4, 0.5) is 39.5 Å². The summed E-state index contributed by atoms with van der Waals surface area (Å²) in [6, 6.07) is 4.82. The molecule has 1 aliphatic rings. The highest BCUT2D eigenvalue weighted by Gasteiger charge is 2.40. The smallest absolute Gasteiger partial charge is 0.429 e. The third-order valence-corrected chi connectivity index (χ3v) is 6.54. The van der Waals surface area contributed by atoms with E-state index in [-0.39, 0.29) is 47.6 Å². The first-order chi connectivity index (χ1) is 16.9. The van der Waals surface area contributed by atoms with E-state index < -0.39 is 64.1 Å². The number of ether oxygens (including phenoxy) is 1. The number of aryl methyl sites for hydroxylation is 1. The quantitative estimate of drug-likeness (QED) is 0.243. The van der Waals surface area contributed by atoms with E-state index in [0.717, 1.165) is 6.07 Å². The summed E-state index contributed by atoms with van der Waals surface area (Å²) in [5.41, 5.74) is -1.32. The van der Waals surface area contributed by atoms with E-state index in [1.54, 1.807) is 0 Å². The van der Waals surface area contributed by atoms with Crippen LogP contribution in [0.1, 0.15) is 59.8 Å². The minimum absolute atomic E-state index is 0.149. The molecule has 0 heterocycles. The molecule has 1 nitrogen and oxygen atoms in total. The zero-order chi connectivity index (χ0) is 26.4. The fourth-order valence-corrected chi connectivity index (χ4v) is 4.59. The predicted octanol–water partition coefficient (Wildman–Crippen LogP) is 8.54. The fourth-order valence-electron chi connectivity index (χ4n) is 4.59. The van der Waals surface area contributed by atoms with Crippen LogP contribution in [0, 0.1) is 47.6 Å². The van der Waals surface area contributed by atoms with Gasteiger partial charge in [-0.15, -0.1) is 0 Å². The van der Waals surface area contributed by atoms with Crippen molar-refractivity contribution >= 4 is 0 Å². The van der Waals surface area contributed by atoms with Crippen molar-refractivity contribution < 1.29 is 44.3 Å². The van der Waals surface area contributed by atoms with Crippen LogP contribution in [-0.4, -0.2) is 0 Å². The van der Waals surface area contributed by atoms with Crippen molar-refractivity contribution in [2.75, 3.05) is 0 Å². The van der Waals surface area contributed by atoms with E-state index in [0.29, 0.717) is 18.9 Å². The zero-order valence-corrected chi connectivity index (χ0v) is 18.8. The van der Waals surface area contributed by atoms with Gasteiger partial charge in [0.2, 0.25) is 0 Å². The summed E-state index contributed by atoms with van der Waals surface area (Å²) in [5, 5.41) is 0. The summed E-state index contributed by atoms with van der Waals surface area (Å²) < 4.78 is 131. The predicted molar refractivity (Wildman–Crippen MR) is 112 cm³/mol. The molecular formula is C26H19F9O. The lowest BCUT2D eigenvalue weighted by atomic mass is 9.75. The first kappa shape index (κ1) is 25.9. The third-order valence-electron chi connectivity index (χ3n) is 6.54. The SMILES string of the molecule is Cc1ccc(C2CCC(c3ccc(C(F)(F)Oc4cc(F)c(F)c(F)c4)c(F)c3F)CC2)c(F)c1F. The summed E-state index contributed by atoms with van der Waals surface area (Å²) in [5.74, 6) is -12.8. The van der Waals surface area contributed by atoms with E-state index in [1.807, 2.05) is 0 Å². The summed E-state index contributed by atoms with van der Waals surface area (Å²) in [6.07, 6.45) is -3.31. The number of hydrogen-bond acceptors (Lipinski definition) is 1. The molecule has 1 aliphatic carbocycles. The third kappa shape index (κ3) is 4.77. The molecule has 0 atom stereocenters. The van der Waals surface area contributed by atoms with Gasteiger partial charge in [0.05, 0.1) is 0 Å². The number of rotatable bonds is 5. The minimum atomic E-state index is -4.54. The van der Waals surface area contributed by atoms with Crippen LogP contribution in [-0.2, 0) is 6.11 Å². The Bertz CT molecular complexity index is 1270. The molecule has 3 aromatic rings. The van der Waals surface area contributed by atoms with Crippen LogP contribution in [0.5, 0.6) is 5.75 Å². The molecule has 0 bridgehead atoms. The minimum Gasteiger partial charge on any atom is -0.429 e. The highest BCUT2D eigenvalue weighted by molar-refractivity contribution is 5.34. The first-order valence-electron chi connectivity index (χ1n) is 11.0. The van der Waals surface area contributed by atoms with Gasteiger partial charge >= 0.3 is 6.11 Å². The van der Waals surface area contributed by atoms with Crippen molar-refractivity contribution in [1.29, 1.82) is 0 Å². The summed E-state index contributed by atoms with van der Waals surface area (Å²) in [4.78, 5) is 0. The maximum atomic E-state index is 14.8. The van der Waals surface area contributed by atoms with Crippen molar-refractivity contribution in [3.63, 3.8) is 0 Å². The molecule has 0 aromatic heterocycles. The van der Waals surface area contributed by atoms with Crippen molar-refractivity contribution in [3.8, 4) is 5.75 Å². The zero-order valence-electron chi connectivity index (χ0n) is 18.8. The lowest BCUT2D eigenvalue weighted by molar-refractivity contribution is -0.188. The molecule has 3 aromatic carbocycles. The Hall–Kier alpha value is -3.17. The molecule has 0 spiro atoms. The van der Waals surface area contributed by atoms with Crippen LogP contribution in [0.25, 0.3) is 0 Å². The van der Waals surface area contributed by atoms with Crippen LogP contribution in [0.3, 0.4) is 0 Å². The van der Waals surface area contributed by atoms with Gasteiger partial charge in [-0.05, 0) is 67.2 Å². The van der Waals surface area contributed by atoms with Crippen LogP contribution in [0.15, 0.2) is 36.4 Å². The molecule has 0 saturated heterocycles. The second kappa shape index (κ2) is 9.71. The fraction of sp³-hybridized carbons (Fsp3) is 0.308. The Balaban J connectivity index is 1.52. The monoisotopic (exact) mass is 518 g/mol. The van der Waals surface area contributed by atoms with Crippen molar-refractivity contribution in [1.82, 2.24) is 0 Å². The normalized spacial score (nSPS) is 18.4. The highest BCUT2D eigenvalue weighted by atomic mass is 19.3. The summed E-state index contributed by atoms with van der Waals surface area (Å²) in [7, 11) is 0. The molecule has 4 rings (SSSR count). The Kier molecular flexibility index (Phi) is 6.99. The Labute approximate surface area is 200 Å². The second-order valence-corrected chi connectivity index (χ2v) is 8.80. The first-order valence-corrected chi connectivity index (χ1v) is 11.0. The van der Waals surface area contributed by atoms with E-state index in [1.165, 1.54) is 19.1 Å². The average molecular weight is 518 g/mol. The van der Waals surface area contributed by atoms with Gasteiger partial charge in [0.15, 0.2) is 40.7 Å². The Morgan fingerprint density at radius 2 is 1.11 bits per heavy atom. The molecule has 0 unspecified atom stereocenters.